The molecule has 0 atom stereocenters. The van der Waals surface area contributed by atoms with E-state index in [2.05, 4.69) is 37.3 Å². The Hall–Kier alpha value is -12.9. The molecule has 0 aliphatic carbocycles. The number of esters is 8. The van der Waals surface area contributed by atoms with Gasteiger partial charge in [0.2, 0.25) is 63.3 Å². The van der Waals surface area contributed by atoms with Crippen LogP contribution >= 0.6 is 0 Å². The summed E-state index contributed by atoms with van der Waals surface area (Å²) in [5, 5.41) is -7.09. The second kappa shape index (κ2) is 25.0. The van der Waals surface area contributed by atoms with E-state index >= 15 is 26.3 Å². The molecule has 2 aromatic heterocycles. The van der Waals surface area contributed by atoms with E-state index in [1.165, 1.54) is 0 Å². The fraction of sp³-hybridized carbons (Fsp3) is 0.186. The Kier molecular flexibility index (Phi) is 18.9. The normalized spacial score (nSPS) is 14.0. The number of ether oxygens (including phenoxy) is 6. The quantitative estimate of drug-likeness (QED) is 0.0490. The van der Waals surface area contributed by atoms with Crippen molar-refractivity contribution < 1.29 is 172 Å². The summed E-state index contributed by atoms with van der Waals surface area (Å²) in [7, 11) is 0. The SMILES string of the molecule is Cc1c(C)c(C(c2c(C)c(C)c3c(c2C)C(=O)OC3=O)(C(F)(F)F)C(F)(F)F)c(C)c2c1C(=O)OC2=O.O=C1OC(=O)c2c(F)c(Oc3c(F)c(F)c(Oc4c(F)c(F)c5c(c4F)C(=O)OC5=O)c(F)c3F)c(F)c(F)c21.O=c1oc(=O)c2c(C(F)(F)F)c3c(=O)oc(=O)c3c(C(F)(F)F)c12.[NH2-].[NH2-].[Rf]. The number of alkyl halides is 12. The summed E-state index contributed by atoms with van der Waals surface area (Å²) < 4.78 is 348. The molecule has 0 fully saturated rings. The topological polar surface area (TPSA) is 353 Å². The van der Waals surface area contributed by atoms with Gasteiger partial charge in [-0.15, -0.1) is 0 Å². The minimum absolute atomic E-state index is 0. The maximum absolute atomic E-state index is 15.2. The van der Waals surface area contributed by atoms with Gasteiger partial charge in [-0.1, -0.05) is 0 Å². The average Bonchev–Trinajstić information content (AvgIpc) is 1.43. The van der Waals surface area contributed by atoms with E-state index in [1.54, 1.807) is 0 Å². The summed E-state index contributed by atoms with van der Waals surface area (Å²) in [4.78, 5) is 141. The van der Waals surface area contributed by atoms with E-state index in [-0.39, 0.29) is 23.4 Å². The van der Waals surface area contributed by atoms with Crippen LogP contribution in [0.1, 0.15) is 138 Å². The van der Waals surface area contributed by atoms with Gasteiger partial charge in [0.15, 0.2) is 23.3 Å². The third-order valence-corrected chi connectivity index (χ3v) is 16.0. The Morgan fingerprint density at radius 1 is 0.260 bits per heavy atom. The van der Waals surface area contributed by atoms with Crippen molar-refractivity contribution in [1.29, 1.82) is 0 Å². The van der Waals surface area contributed by atoms with Crippen LogP contribution in [0.3, 0.4) is 0 Å². The molecule has 22 nitrogen and oxygen atoms in total. The number of fused-ring (bicyclic) bond motifs is 6. The third kappa shape index (κ3) is 10.8. The molecule has 4 aliphatic rings. The molecule has 0 bridgehead atoms. The third-order valence-electron chi connectivity index (χ3n) is 16.0. The molecular weight excluding hydrogens is 1740 g/mol. The standard InChI is InChI=1S/C25H18F6O6.C22F10O8.C12F6O6.2H2N.Rf/c1-7-9(3)17(11(5)15-13(7)19(32)36-21(15)34)23(24(26,27)28,25(29,30)31)18-10(4)8(2)14-16(12(18)6)22(35)37-20(14)33;23-5-1-3(21(35)39-19(1)33)7(25)15(9(5)27)37-17-11(29)13(31)18(14(32)12(17)30)38-16-8(26)4-2(6(24)10(16)28)20(34)40-22(4)36;13-11(14,15)5-1-2(8(20)23-7(1)19)6(12(16,17)18)4-3(5)9(21)24-10(4)22;;;/h1-6H3;;;2*1H2;/q;;;2*-1;. The molecule has 6 aromatic carbocycles. The first-order chi connectivity index (χ1) is 46.4. The van der Waals surface area contributed by atoms with Crippen molar-refractivity contribution in [2.45, 2.75) is 71.7 Å². The Balaban J connectivity index is 0.000000221. The molecule has 12 rings (SSSR count). The van der Waals surface area contributed by atoms with Crippen LogP contribution in [0.4, 0.5) is 96.6 Å². The van der Waals surface area contributed by atoms with Gasteiger partial charge in [0.25, 0.3) is 0 Å². The van der Waals surface area contributed by atoms with Crippen molar-refractivity contribution in [1.82, 2.24) is 0 Å². The number of rotatable bonds is 6. The van der Waals surface area contributed by atoms with E-state index < -0.39 is 292 Å². The fourth-order valence-electron chi connectivity index (χ4n) is 11.8. The van der Waals surface area contributed by atoms with Gasteiger partial charge in [0.1, 0.15) is 22.3 Å². The zero-order valence-electron chi connectivity index (χ0n) is 50.8. The van der Waals surface area contributed by atoms with Crippen LogP contribution in [0.25, 0.3) is 33.8 Å². The molecule has 6 heterocycles. The molecule has 0 amide bonds. The molecule has 4 N–H and O–H groups in total. The second-order valence-corrected chi connectivity index (χ2v) is 21.2. The van der Waals surface area contributed by atoms with Gasteiger partial charge in [-0.25, -0.2) is 75.1 Å². The summed E-state index contributed by atoms with van der Waals surface area (Å²) in [6.45, 7) is 5.99. The molecule has 0 unspecified atom stereocenters. The van der Waals surface area contributed by atoms with Gasteiger partial charge < -0.3 is 49.6 Å². The number of cyclic esters (lactones) is 8. The molecule has 104 heavy (non-hydrogen) atoms. The average molecular weight is 1760 g/mol. The van der Waals surface area contributed by atoms with Crippen LogP contribution in [-0.2, 0) is 36.7 Å². The van der Waals surface area contributed by atoms with Gasteiger partial charge in [0.05, 0.1) is 54.9 Å². The zero-order valence-corrected chi connectivity index (χ0v) is 57.2. The molecular formula is C59H22F22N2O20Rf-2. The van der Waals surface area contributed by atoms with Gasteiger partial charge in [-0.2, -0.15) is 79.0 Å². The van der Waals surface area contributed by atoms with Gasteiger partial charge in [0, 0.05) is 0 Å². The Labute approximate surface area is 547 Å². The summed E-state index contributed by atoms with van der Waals surface area (Å²) >= 11 is 0. The van der Waals surface area contributed by atoms with Crippen molar-refractivity contribution in [3.63, 3.8) is 0 Å². The first-order valence-electron chi connectivity index (χ1n) is 26.4. The van der Waals surface area contributed by atoms with Crippen molar-refractivity contribution in [2.75, 3.05) is 0 Å². The molecule has 0 spiro atoms. The number of carbonyl (C=O) groups is 8. The smallest absolute Gasteiger partial charge is 0.418 e. The zero-order chi connectivity index (χ0) is 75.9. The largest absolute Gasteiger partial charge is 0.693 e. The van der Waals surface area contributed by atoms with Crippen molar-refractivity contribution in [2.24, 2.45) is 0 Å². The van der Waals surface area contributed by atoms with Crippen LogP contribution in [0, 0.1) is 99.7 Å². The maximum Gasteiger partial charge on any atom is 0.418 e. The Bertz CT molecular complexity index is 5110. The van der Waals surface area contributed by atoms with Gasteiger partial charge >= 0.3 is 95.0 Å². The molecule has 0 saturated carbocycles. The summed E-state index contributed by atoms with van der Waals surface area (Å²) in [5.41, 5.74) is -31.4. The number of furan rings is 2. The molecule has 546 valence electrons. The Morgan fingerprint density at radius 2 is 0.452 bits per heavy atom. The Morgan fingerprint density at radius 3 is 0.673 bits per heavy atom. The number of nitrogens with two attached hydrogens (primary N) is 2. The monoisotopic (exact) mass is 1760 g/mol. The van der Waals surface area contributed by atoms with Gasteiger partial charge in [-0.05, 0) is 86.1 Å². The number of carbonyl (C=O) groups excluding carboxylic acids is 8. The van der Waals surface area contributed by atoms with Crippen LogP contribution in [0.5, 0.6) is 23.0 Å². The van der Waals surface area contributed by atoms with E-state index in [9.17, 15) is 128 Å². The molecule has 8 aromatic rings. The first-order valence-corrected chi connectivity index (χ1v) is 26.4. The van der Waals surface area contributed by atoms with E-state index in [4.69, 9.17) is 0 Å². The summed E-state index contributed by atoms with van der Waals surface area (Å²) in [5.74, 6) is -46.9. The molecule has 0 radical (unpaired) electrons. The summed E-state index contributed by atoms with van der Waals surface area (Å²) in [6, 6.07) is 0. The fourth-order valence-corrected chi connectivity index (χ4v) is 11.8. The molecule has 4 aliphatic heterocycles. The van der Waals surface area contributed by atoms with E-state index in [0.29, 0.717) is 0 Å². The number of halogens is 22. The number of benzene rings is 6. The maximum atomic E-state index is 15.2. The molecule has 45 heteroatoms. The van der Waals surface area contributed by atoms with E-state index in [0.717, 1.165) is 41.5 Å². The first kappa shape index (κ1) is 78.5. The number of hydrogen-bond acceptors (Lipinski definition) is 20. The van der Waals surface area contributed by atoms with Crippen LogP contribution in [0.15, 0.2) is 28.0 Å². The van der Waals surface area contributed by atoms with Gasteiger partial charge in [-0.3, -0.25) is 0 Å². The summed E-state index contributed by atoms with van der Waals surface area (Å²) in [6.07, 6.45) is -23.2. The predicted octanol–water partition coefficient (Wildman–Crippen LogP) is 13.8. The van der Waals surface area contributed by atoms with Crippen molar-refractivity contribution in [3.8, 4) is 23.0 Å². The van der Waals surface area contributed by atoms with Crippen LogP contribution in [0.2, 0.25) is 0 Å². The van der Waals surface area contributed by atoms with Crippen molar-refractivity contribution >= 4 is 69.3 Å². The predicted molar refractivity (Wildman–Crippen MR) is 286 cm³/mol. The van der Waals surface area contributed by atoms with Crippen LogP contribution in [-0.4, -0.2) is 60.1 Å². The minimum Gasteiger partial charge on any atom is -0.693 e. The van der Waals surface area contributed by atoms with E-state index in [1.807, 2.05) is 0 Å². The van der Waals surface area contributed by atoms with Crippen LogP contribution < -0.4 is 32.0 Å². The number of hydrogen-bond donors (Lipinski definition) is 0. The van der Waals surface area contributed by atoms with Crippen molar-refractivity contribution in [3.05, 3.63) is 212 Å². The molecule has 0 saturated heterocycles. The second-order valence-electron chi connectivity index (χ2n) is 21.2. The minimum atomic E-state index is -6.07.